The number of ether oxygens (including phenoxy) is 1. The Morgan fingerprint density at radius 2 is 1.58 bits per heavy atom. The Balaban J connectivity index is 1.63. The van der Waals surface area contributed by atoms with Crippen LogP contribution in [0.4, 0.5) is 0 Å². The first-order chi connectivity index (χ1) is 12.6. The number of benzene rings is 3. The van der Waals surface area contributed by atoms with Crippen molar-refractivity contribution in [2.24, 2.45) is 0 Å². The first-order valence-corrected chi connectivity index (χ1v) is 7.83. The van der Waals surface area contributed by atoms with Crippen LogP contribution in [0.3, 0.4) is 0 Å². The molecule has 0 heterocycles. The lowest BCUT2D eigenvalue weighted by Crippen LogP contribution is -2.34. The van der Waals surface area contributed by atoms with E-state index in [1.807, 2.05) is 6.07 Å². The van der Waals surface area contributed by atoms with E-state index in [0.717, 1.165) is 5.39 Å². The van der Waals surface area contributed by atoms with Crippen LogP contribution in [0.25, 0.3) is 10.8 Å². The van der Waals surface area contributed by atoms with Gasteiger partial charge in [0, 0.05) is 10.9 Å². The van der Waals surface area contributed by atoms with Crippen LogP contribution in [0.1, 0.15) is 20.7 Å². The lowest BCUT2D eigenvalue weighted by Gasteiger charge is -2.08. The first kappa shape index (κ1) is 17.2. The summed E-state index contributed by atoms with van der Waals surface area (Å²) in [6, 6.07) is 18.3. The molecule has 0 aromatic heterocycles. The van der Waals surface area contributed by atoms with Gasteiger partial charge in [0.2, 0.25) is 0 Å². The number of carbonyl (C=O) groups excluding carboxylic acids is 3. The lowest BCUT2D eigenvalue weighted by atomic mass is 10.1. The van der Waals surface area contributed by atoms with Gasteiger partial charge in [0.1, 0.15) is 11.3 Å². The van der Waals surface area contributed by atoms with Crippen LogP contribution >= 0.6 is 0 Å². The number of esters is 1. The summed E-state index contributed by atoms with van der Waals surface area (Å²) < 4.78 is 4.89. The van der Waals surface area contributed by atoms with E-state index in [-0.39, 0.29) is 11.3 Å². The minimum atomic E-state index is -0.851. The van der Waals surface area contributed by atoms with Gasteiger partial charge in [-0.2, -0.15) is 0 Å². The van der Waals surface area contributed by atoms with E-state index in [0.29, 0.717) is 10.9 Å². The molecule has 0 fully saturated rings. The number of fused-ring (bicyclic) bond motifs is 1. The Labute approximate surface area is 149 Å². The van der Waals surface area contributed by atoms with Crippen molar-refractivity contribution < 1.29 is 24.2 Å². The second-order valence-electron chi connectivity index (χ2n) is 5.50. The molecule has 0 aliphatic rings. The van der Waals surface area contributed by atoms with E-state index in [2.05, 4.69) is 5.32 Å². The molecular weight excluding hydrogens is 334 g/mol. The van der Waals surface area contributed by atoms with Gasteiger partial charge >= 0.3 is 5.97 Å². The molecule has 3 rings (SSSR count). The van der Waals surface area contributed by atoms with Gasteiger partial charge in [-0.3, -0.25) is 14.9 Å². The van der Waals surface area contributed by atoms with Crippen LogP contribution in [0.2, 0.25) is 0 Å². The predicted molar refractivity (Wildman–Crippen MR) is 94.8 cm³/mol. The predicted octanol–water partition coefficient (Wildman–Crippen LogP) is 2.66. The van der Waals surface area contributed by atoms with Crippen LogP contribution in [0.5, 0.6) is 5.75 Å². The average molecular weight is 349 g/mol. The second kappa shape index (κ2) is 7.48. The molecule has 0 saturated heterocycles. The molecule has 2 amide bonds. The Morgan fingerprint density at radius 1 is 0.885 bits per heavy atom. The highest BCUT2D eigenvalue weighted by atomic mass is 16.5. The molecule has 2 N–H and O–H groups in total. The molecule has 26 heavy (non-hydrogen) atoms. The Hall–Kier alpha value is -3.67. The normalized spacial score (nSPS) is 10.3. The van der Waals surface area contributed by atoms with Crippen molar-refractivity contribution in [3.63, 3.8) is 0 Å². The summed E-state index contributed by atoms with van der Waals surface area (Å²) in [5, 5.41) is 13.6. The van der Waals surface area contributed by atoms with Crippen LogP contribution in [-0.4, -0.2) is 29.5 Å². The molecule has 0 spiro atoms. The van der Waals surface area contributed by atoms with Gasteiger partial charge in [-0.05, 0) is 23.6 Å². The van der Waals surface area contributed by atoms with Crippen LogP contribution in [0.15, 0.2) is 66.7 Å². The number of nitrogens with one attached hydrogen (secondary N) is 1. The zero-order chi connectivity index (χ0) is 18.5. The van der Waals surface area contributed by atoms with E-state index in [1.54, 1.807) is 54.6 Å². The topological polar surface area (TPSA) is 92.7 Å². The molecule has 0 unspecified atom stereocenters. The van der Waals surface area contributed by atoms with E-state index >= 15 is 0 Å². The lowest BCUT2D eigenvalue weighted by molar-refractivity contribution is -0.123. The van der Waals surface area contributed by atoms with Gasteiger partial charge in [0.05, 0.1) is 0 Å². The molecule has 0 aliphatic heterocycles. The number of carbonyl (C=O) groups is 3. The molecule has 0 radical (unpaired) electrons. The number of hydrogen-bond donors (Lipinski definition) is 2. The number of hydrogen-bond acceptors (Lipinski definition) is 5. The zero-order valence-corrected chi connectivity index (χ0v) is 13.6. The quantitative estimate of drug-likeness (QED) is 0.707. The van der Waals surface area contributed by atoms with Crippen LogP contribution in [0, 0.1) is 0 Å². The van der Waals surface area contributed by atoms with Crippen molar-refractivity contribution in [2.45, 2.75) is 0 Å². The fourth-order valence-electron chi connectivity index (χ4n) is 2.45. The maximum Gasteiger partial charge on any atom is 0.342 e. The smallest absolute Gasteiger partial charge is 0.342 e. The number of rotatable bonds is 4. The average Bonchev–Trinajstić information content (AvgIpc) is 2.67. The third-order valence-electron chi connectivity index (χ3n) is 3.74. The second-order valence-corrected chi connectivity index (χ2v) is 5.50. The minimum Gasteiger partial charge on any atom is -0.506 e. The van der Waals surface area contributed by atoms with E-state index < -0.39 is 24.4 Å². The Morgan fingerprint density at radius 3 is 2.35 bits per heavy atom. The fourth-order valence-corrected chi connectivity index (χ4v) is 2.45. The molecular formula is C20H15NO5. The molecule has 6 heteroatoms. The van der Waals surface area contributed by atoms with E-state index in [9.17, 15) is 19.5 Å². The summed E-state index contributed by atoms with van der Waals surface area (Å²) in [7, 11) is 0. The Bertz CT molecular complexity index is 982. The fraction of sp³-hybridized carbons (Fsp3) is 0.0500. The number of phenolic OH excluding ortho intramolecular Hbond substituents is 1. The maximum absolute atomic E-state index is 12.1. The van der Waals surface area contributed by atoms with Crippen LogP contribution in [-0.2, 0) is 9.53 Å². The van der Waals surface area contributed by atoms with Gasteiger partial charge in [0.15, 0.2) is 6.61 Å². The highest BCUT2D eigenvalue weighted by molar-refractivity contribution is 6.06. The van der Waals surface area contributed by atoms with Gasteiger partial charge in [-0.15, -0.1) is 0 Å². The van der Waals surface area contributed by atoms with Crippen molar-refractivity contribution in [2.75, 3.05) is 6.61 Å². The maximum atomic E-state index is 12.1. The SMILES string of the molecule is O=C(COC(=O)c1ccc2ccccc2c1O)NC(=O)c1ccccc1. The zero-order valence-electron chi connectivity index (χ0n) is 13.6. The number of imide groups is 1. The van der Waals surface area contributed by atoms with E-state index in [1.165, 1.54) is 6.07 Å². The molecule has 0 bridgehead atoms. The van der Waals surface area contributed by atoms with Crippen molar-refractivity contribution in [3.05, 3.63) is 77.9 Å². The summed E-state index contributed by atoms with van der Waals surface area (Å²) in [4.78, 5) is 35.8. The summed E-state index contributed by atoms with van der Waals surface area (Å²) in [5.41, 5.74) is 0.269. The van der Waals surface area contributed by atoms with Crippen molar-refractivity contribution in [1.82, 2.24) is 5.32 Å². The number of amides is 2. The van der Waals surface area contributed by atoms with Gasteiger partial charge in [0.25, 0.3) is 11.8 Å². The first-order valence-electron chi connectivity index (χ1n) is 7.83. The number of aromatic hydroxyl groups is 1. The monoisotopic (exact) mass is 349 g/mol. The Kier molecular flexibility index (Phi) is 4.94. The summed E-state index contributed by atoms with van der Waals surface area (Å²) in [6.07, 6.45) is 0. The summed E-state index contributed by atoms with van der Waals surface area (Å²) >= 11 is 0. The van der Waals surface area contributed by atoms with Crippen molar-refractivity contribution >= 4 is 28.6 Å². The van der Waals surface area contributed by atoms with Crippen LogP contribution < -0.4 is 5.32 Å². The summed E-state index contributed by atoms with van der Waals surface area (Å²) in [5.74, 6) is -2.41. The van der Waals surface area contributed by atoms with Crippen molar-refractivity contribution in [3.8, 4) is 5.75 Å². The molecule has 0 atom stereocenters. The van der Waals surface area contributed by atoms with Gasteiger partial charge in [-0.1, -0.05) is 48.5 Å². The summed E-state index contributed by atoms with van der Waals surface area (Å²) in [6.45, 7) is -0.635. The molecule has 0 aliphatic carbocycles. The van der Waals surface area contributed by atoms with E-state index in [4.69, 9.17) is 4.74 Å². The molecule has 130 valence electrons. The third kappa shape index (κ3) is 3.70. The molecule has 0 saturated carbocycles. The highest BCUT2D eigenvalue weighted by Gasteiger charge is 2.17. The largest absolute Gasteiger partial charge is 0.506 e. The molecule has 6 nitrogen and oxygen atoms in total. The molecule has 3 aromatic rings. The highest BCUT2D eigenvalue weighted by Crippen LogP contribution is 2.28. The standard InChI is InChI=1S/C20H15NO5/c22-17(21-19(24)14-7-2-1-3-8-14)12-26-20(25)16-11-10-13-6-4-5-9-15(13)18(16)23/h1-11,23H,12H2,(H,21,22,24). The molecule has 3 aromatic carbocycles. The van der Waals surface area contributed by atoms with Gasteiger partial charge in [-0.25, -0.2) is 4.79 Å². The van der Waals surface area contributed by atoms with Crippen molar-refractivity contribution in [1.29, 1.82) is 0 Å². The third-order valence-corrected chi connectivity index (χ3v) is 3.74. The minimum absolute atomic E-state index is 0.0501. The van der Waals surface area contributed by atoms with Gasteiger partial charge < -0.3 is 9.84 Å². The number of phenols is 1.